The first-order chi connectivity index (χ1) is 14.6. The van der Waals surface area contributed by atoms with Crippen LogP contribution in [0.1, 0.15) is 0 Å². The Kier molecular flexibility index (Phi) is 5.50. The van der Waals surface area contributed by atoms with E-state index < -0.39 is 10.5 Å². The summed E-state index contributed by atoms with van der Waals surface area (Å²) in [6.07, 6.45) is 2.00. The Morgan fingerprint density at radius 2 is 1.47 bits per heavy atom. The number of hydrogen-bond donors (Lipinski definition) is 0. The summed E-state index contributed by atoms with van der Waals surface area (Å²) < 4.78 is 5.64. The molecule has 6 heteroatoms. The third-order valence-electron chi connectivity index (χ3n) is 4.78. The van der Waals surface area contributed by atoms with Crippen LogP contribution in [0.3, 0.4) is 0 Å². The molecule has 1 aromatic heterocycles. The molecule has 148 valence electrons. The summed E-state index contributed by atoms with van der Waals surface area (Å²) in [6.45, 7) is 0. The Hall–Kier alpha value is -3.64. The SMILES string of the molecule is CSc1ccc(-c2c(-c3ccccc3)cc(-c3ccc([N+](=O)[O-])cc3)oc2=O)cc1. The smallest absolute Gasteiger partial charge is 0.344 e. The lowest BCUT2D eigenvalue weighted by molar-refractivity contribution is -0.384. The zero-order valence-corrected chi connectivity index (χ0v) is 16.9. The van der Waals surface area contributed by atoms with E-state index in [1.54, 1.807) is 23.9 Å². The minimum absolute atomic E-state index is 0.0186. The van der Waals surface area contributed by atoms with Gasteiger partial charge in [0.05, 0.1) is 10.5 Å². The molecular formula is C24H17NO4S. The molecule has 0 amide bonds. The van der Waals surface area contributed by atoms with E-state index in [9.17, 15) is 14.9 Å². The van der Waals surface area contributed by atoms with Crippen molar-refractivity contribution in [2.75, 3.05) is 6.26 Å². The van der Waals surface area contributed by atoms with Gasteiger partial charge in [0.1, 0.15) is 5.76 Å². The van der Waals surface area contributed by atoms with E-state index in [-0.39, 0.29) is 5.69 Å². The molecule has 0 atom stereocenters. The molecule has 0 N–H and O–H groups in total. The van der Waals surface area contributed by atoms with Crippen molar-refractivity contribution < 1.29 is 9.34 Å². The van der Waals surface area contributed by atoms with Gasteiger partial charge < -0.3 is 4.42 Å². The number of hydrogen-bond acceptors (Lipinski definition) is 5. The van der Waals surface area contributed by atoms with Crippen LogP contribution < -0.4 is 5.63 Å². The molecule has 30 heavy (non-hydrogen) atoms. The molecule has 0 aliphatic rings. The summed E-state index contributed by atoms with van der Waals surface area (Å²) in [7, 11) is 0. The minimum Gasteiger partial charge on any atom is -0.422 e. The first kappa shape index (κ1) is 19.7. The number of nitro benzene ring substituents is 1. The van der Waals surface area contributed by atoms with Gasteiger partial charge in [0.2, 0.25) is 0 Å². The van der Waals surface area contributed by atoms with Gasteiger partial charge in [0, 0.05) is 28.2 Å². The summed E-state index contributed by atoms with van der Waals surface area (Å²) in [4.78, 5) is 24.6. The van der Waals surface area contributed by atoms with Gasteiger partial charge in [-0.1, -0.05) is 42.5 Å². The summed E-state index contributed by atoms with van der Waals surface area (Å²) >= 11 is 1.63. The number of benzene rings is 3. The fourth-order valence-electron chi connectivity index (χ4n) is 3.26. The molecule has 0 aliphatic carbocycles. The van der Waals surface area contributed by atoms with Gasteiger partial charge in [-0.3, -0.25) is 10.1 Å². The molecule has 0 aliphatic heterocycles. The van der Waals surface area contributed by atoms with Crippen molar-refractivity contribution in [3.63, 3.8) is 0 Å². The molecule has 0 saturated carbocycles. The van der Waals surface area contributed by atoms with E-state index in [0.29, 0.717) is 16.9 Å². The molecule has 1 heterocycles. The molecule has 0 spiro atoms. The summed E-state index contributed by atoms with van der Waals surface area (Å²) in [6, 6.07) is 25.2. The van der Waals surface area contributed by atoms with Gasteiger partial charge in [0.15, 0.2) is 0 Å². The van der Waals surface area contributed by atoms with Gasteiger partial charge in [0.25, 0.3) is 5.69 Å². The van der Waals surface area contributed by atoms with Crippen LogP contribution in [0.15, 0.2) is 99.0 Å². The van der Waals surface area contributed by atoms with Crippen LogP contribution in [-0.4, -0.2) is 11.2 Å². The van der Waals surface area contributed by atoms with Gasteiger partial charge in [-0.25, -0.2) is 4.79 Å². The normalized spacial score (nSPS) is 10.7. The van der Waals surface area contributed by atoms with E-state index in [2.05, 4.69) is 0 Å². The molecule has 0 radical (unpaired) electrons. The molecule has 0 fully saturated rings. The number of non-ortho nitro benzene ring substituents is 1. The number of rotatable bonds is 5. The second-order valence-electron chi connectivity index (χ2n) is 6.59. The second-order valence-corrected chi connectivity index (χ2v) is 7.46. The highest BCUT2D eigenvalue weighted by Gasteiger charge is 2.17. The van der Waals surface area contributed by atoms with E-state index in [1.807, 2.05) is 66.9 Å². The van der Waals surface area contributed by atoms with Crippen molar-refractivity contribution in [2.24, 2.45) is 0 Å². The Morgan fingerprint density at radius 1 is 0.833 bits per heavy atom. The average molecular weight is 415 g/mol. The molecule has 3 aromatic carbocycles. The van der Waals surface area contributed by atoms with Gasteiger partial charge in [-0.2, -0.15) is 0 Å². The molecular weight excluding hydrogens is 398 g/mol. The van der Waals surface area contributed by atoms with Gasteiger partial charge in [-0.05, 0) is 47.7 Å². The highest BCUT2D eigenvalue weighted by atomic mass is 32.2. The Bertz CT molecular complexity index is 1250. The van der Waals surface area contributed by atoms with E-state index in [1.165, 1.54) is 12.1 Å². The molecule has 0 bridgehead atoms. The van der Waals surface area contributed by atoms with Crippen molar-refractivity contribution in [3.8, 4) is 33.6 Å². The highest BCUT2D eigenvalue weighted by Crippen LogP contribution is 2.34. The van der Waals surface area contributed by atoms with Crippen molar-refractivity contribution in [1.29, 1.82) is 0 Å². The molecule has 5 nitrogen and oxygen atoms in total. The predicted octanol–water partition coefficient (Wildman–Crippen LogP) is 6.27. The zero-order valence-electron chi connectivity index (χ0n) is 16.1. The van der Waals surface area contributed by atoms with Gasteiger partial charge in [-0.15, -0.1) is 11.8 Å². The fraction of sp³-hybridized carbons (Fsp3) is 0.0417. The standard InChI is InChI=1S/C24H17NO4S/c1-30-20-13-9-18(10-14-20)23-21(16-5-3-2-4-6-16)15-22(29-24(23)26)17-7-11-19(12-8-17)25(27)28/h2-15H,1H3. The van der Waals surface area contributed by atoms with E-state index in [4.69, 9.17) is 4.42 Å². The van der Waals surface area contributed by atoms with Crippen molar-refractivity contribution in [2.45, 2.75) is 4.90 Å². The average Bonchev–Trinajstić information content (AvgIpc) is 2.79. The first-order valence-electron chi connectivity index (χ1n) is 9.19. The topological polar surface area (TPSA) is 73.3 Å². The summed E-state index contributed by atoms with van der Waals surface area (Å²) in [5.74, 6) is 0.359. The third-order valence-corrected chi connectivity index (χ3v) is 5.52. The maximum Gasteiger partial charge on any atom is 0.344 e. The first-order valence-corrected chi connectivity index (χ1v) is 10.4. The summed E-state index contributed by atoms with van der Waals surface area (Å²) in [5, 5.41) is 10.9. The zero-order chi connectivity index (χ0) is 21.1. The van der Waals surface area contributed by atoms with E-state index in [0.717, 1.165) is 21.6 Å². The number of nitrogens with zero attached hydrogens (tertiary/aromatic N) is 1. The Balaban J connectivity index is 1.90. The molecule has 0 unspecified atom stereocenters. The van der Waals surface area contributed by atoms with Crippen molar-refractivity contribution in [1.82, 2.24) is 0 Å². The molecule has 4 aromatic rings. The Morgan fingerprint density at radius 3 is 2.07 bits per heavy atom. The molecule has 0 saturated heterocycles. The lowest BCUT2D eigenvalue weighted by Gasteiger charge is -2.11. The third kappa shape index (κ3) is 3.90. The minimum atomic E-state index is -0.462. The monoisotopic (exact) mass is 415 g/mol. The summed E-state index contributed by atoms with van der Waals surface area (Å²) in [5.41, 5.74) is 3.01. The van der Waals surface area contributed by atoms with Gasteiger partial charge >= 0.3 is 5.63 Å². The fourth-order valence-corrected chi connectivity index (χ4v) is 3.67. The predicted molar refractivity (Wildman–Crippen MR) is 120 cm³/mol. The van der Waals surface area contributed by atoms with Crippen LogP contribution in [0.5, 0.6) is 0 Å². The maximum atomic E-state index is 13.1. The largest absolute Gasteiger partial charge is 0.422 e. The second kappa shape index (κ2) is 8.39. The Labute approximate surface area is 177 Å². The van der Waals surface area contributed by atoms with Crippen LogP contribution in [0.4, 0.5) is 5.69 Å². The highest BCUT2D eigenvalue weighted by molar-refractivity contribution is 7.98. The lowest BCUT2D eigenvalue weighted by atomic mass is 9.95. The molecule has 4 rings (SSSR count). The van der Waals surface area contributed by atoms with Crippen LogP contribution in [-0.2, 0) is 0 Å². The van der Waals surface area contributed by atoms with Crippen LogP contribution in [0.2, 0.25) is 0 Å². The number of nitro groups is 1. The number of thioether (sulfide) groups is 1. The van der Waals surface area contributed by atoms with Crippen molar-refractivity contribution >= 4 is 17.4 Å². The maximum absolute atomic E-state index is 13.1. The van der Waals surface area contributed by atoms with Crippen LogP contribution in [0.25, 0.3) is 33.6 Å². The van der Waals surface area contributed by atoms with E-state index >= 15 is 0 Å². The van der Waals surface area contributed by atoms with Crippen molar-refractivity contribution in [3.05, 3.63) is 105 Å². The van der Waals surface area contributed by atoms with Crippen LogP contribution in [0, 0.1) is 10.1 Å². The van der Waals surface area contributed by atoms with Crippen LogP contribution >= 0.6 is 11.8 Å². The quantitative estimate of drug-likeness (QED) is 0.218. The lowest BCUT2D eigenvalue weighted by Crippen LogP contribution is -2.06.